The van der Waals surface area contributed by atoms with Crippen LogP contribution >= 0.6 is 0 Å². The summed E-state index contributed by atoms with van der Waals surface area (Å²) in [5.41, 5.74) is 0.862. The first kappa shape index (κ1) is 28.6. The van der Waals surface area contributed by atoms with Gasteiger partial charge in [0, 0.05) is 0 Å². The largest absolute Gasteiger partial charge is 1.00 e. The van der Waals surface area contributed by atoms with Crippen LogP contribution in [0.4, 0.5) is 0 Å². The molecule has 5 nitrogen and oxygen atoms in total. The molecule has 31 heavy (non-hydrogen) atoms. The summed E-state index contributed by atoms with van der Waals surface area (Å²) in [6.07, 6.45) is 13.3. The van der Waals surface area contributed by atoms with Crippen molar-refractivity contribution in [1.82, 2.24) is 0 Å². The fourth-order valence-corrected chi connectivity index (χ4v) is 3.94. The van der Waals surface area contributed by atoms with Crippen molar-refractivity contribution in [2.75, 3.05) is 0 Å². The SMILES string of the molecule is CCCCCCCCCCCCc1cc([O-])ccc1Oc1ccc(S(=O)(=O)O)cc1.[K+]. The molecule has 2 aromatic rings. The number of hydrogen-bond acceptors (Lipinski definition) is 4. The van der Waals surface area contributed by atoms with E-state index in [9.17, 15) is 13.5 Å². The van der Waals surface area contributed by atoms with Crippen molar-refractivity contribution in [3.05, 3.63) is 48.0 Å². The van der Waals surface area contributed by atoms with Gasteiger partial charge in [-0.05, 0) is 48.7 Å². The Hall–Kier alpha value is -0.414. The molecule has 0 saturated carbocycles. The summed E-state index contributed by atoms with van der Waals surface area (Å²) >= 11 is 0. The van der Waals surface area contributed by atoms with Crippen molar-refractivity contribution in [3.8, 4) is 17.2 Å². The van der Waals surface area contributed by atoms with E-state index in [2.05, 4.69) is 6.92 Å². The van der Waals surface area contributed by atoms with E-state index in [0.717, 1.165) is 24.8 Å². The monoisotopic (exact) mass is 472 g/mol. The molecule has 0 bridgehead atoms. The van der Waals surface area contributed by atoms with E-state index in [1.54, 1.807) is 12.1 Å². The first-order valence-corrected chi connectivity index (χ1v) is 12.4. The smallest absolute Gasteiger partial charge is 0.872 e. The molecule has 0 aliphatic heterocycles. The first-order chi connectivity index (χ1) is 14.4. The Morgan fingerprint density at radius 2 is 1.39 bits per heavy atom. The first-order valence-electron chi connectivity index (χ1n) is 11.0. The number of hydrogen-bond donors (Lipinski definition) is 1. The summed E-state index contributed by atoms with van der Waals surface area (Å²) < 4.78 is 37.2. The maximum atomic E-state index is 11.8. The van der Waals surface area contributed by atoms with Gasteiger partial charge in [-0.15, -0.1) is 5.75 Å². The molecule has 0 aliphatic rings. The van der Waals surface area contributed by atoms with Gasteiger partial charge in [-0.1, -0.05) is 76.8 Å². The summed E-state index contributed by atoms with van der Waals surface area (Å²) in [6.45, 7) is 2.23. The molecule has 0 heterocycles. The Kier molecular flexibility index (Phi) is 14.2. The van der Waals surface area contributed by atoms with Crippen LogP contribution in [0, 0.1) is 0 Å². The third-order valence-corrected chi connectivity index (χ3v) is 6.05. The van der Waals surface area contributed by atoms with Crippen LogP contribution in [0.15, 0.2) is 47.4 Å². The molecule has 2 rings (SSSR count). The van der Waals surface area contributed by atoms with Crippen LogP contribution in [0.1, 0.15) is 76.7 Å². The van der Waals surface area contributed by atoms with Crippen molar-refractivity contribution < 1.29 is 74.2 Å². The topological polar surface area (TPSA) is 86.7 Å². The minimum absolute atomic E-state index is 0. The van der Waals surface area contributed by atoms with E-state index < -0.39 is 10.1 Å². The summed E-state index contributed by atoms with van der Waals surface area (Å²) in [6, 6.07) is 10.3. The minimum atomic E-state index is -4.23. The molecule has 0 aromatic heterocycles. The van der Waals surface area contributed by atoms with Crippen molar-refractivity contribution in [2.45, 2.75) is 82.4 Å². The maximum absolute atomic E-state index is 11.8. The van der Waals surface area contributed by atoms with Gasteiger partial charge in [0.1, 0.15) is 11.5 Å². The zero-order valence-corrected chi connectivity index (χ0v) is 22.7. The summed E-state index contributed by atoms with van der Waals surface area (Å²) in [5.74, 6) is 1.00. The second-order valence-corrected chi connectivity index (χ2v) is 9.17. The molecule has 0 unspecified atom stereocenters. The Bertz CT molecular complexity index is 866. The summed E-state index contributed by atoms with van der Waals surface area (Å²) in [4.78, 5) is -0.185. The van der Waals surface area contributed by atoms with E-state index in [1.165, 1.54) is 81.7 Å². The average Bonchev–Trinajstić information content (AvgIpc) is 2.71. The summed E-state index contributed by atoms with van der Waals surface area (Å²) in [5, 5.41) is 11.8. The van der Waals surface area contributed by atoms with Crippen molar-refractivity contribution >= 4 is 10.1 Å². The fraction of sp³-hybridized carbons (Fsp3) is 0.500. The molecular weight excluding hydrogens is 439 g/mol. The Morgan fingerprint density at radius 1 is 0.839 bits per heavy atom. The van der Waals surface area contributed by atoms with Gasteiger partial charge in [-0.25, -0.2) is 0 Å². The molecule has 166 valence electrons. The predicted octanol–water partition coefficient (Wildman–Crippen LogP) is 3.27. The van der Waals surface area contributed by atoms with E-state index in [0.29, 0.717) is 11.5 Å². The number of unbranched alkanes of at least 4 members (excludes halogenated alkanes) is 9. The van der Waals surface area contributed by atoms with Gasteiger partial charge in [0.25, 0.3) is 10.1 Å². The Balaban J connectivity index is 0.00000480. The fourth-order valence-electron chi connectivity index (χ4n) is 3.46. The van der Waals surface area contributed by atoms with E-state index >= 15 is 0 Å². The molecule has 0 fully saturated rings. The normalized spacial score (nSPS) is 11.2. The van der Waals surface area contributed by atoms with Crippen LogP contribution < -0.4 is 61.2 Å². The van der Waals surface area contributed by atoms with E-state index in [-0.39, 0.29) is 62.0 Å². The predicted molar refractivity (Wildman–Crippen MR) is 118 cm³/mol. The van der Waals surface area contributed by atoms with Gasteiger partial charge in [-0.3, -0.25) is 4.55 Å². The molecule has 0 spiro atoms. The molecule has 2 aromatic carbocycles. The van der Waals surface area contributed by atoms with Gasteiger partial charge >= 0.3 is 51.4 Å². The molecule has 0 aliphatic carbocycles. The molecule has 7 heteroatoms. The molecule has 0 amide bonds. The van der Waals surface area contributed by atoms with E-state index in [4.69, 9.17) is 9.29 Å². The van der Waals surface area contributed by atoms with Crippen molar-refractivity contribution in [1.29, 1.82) is 0 Å². The zero-order chi connectivity index (χ0) is 21.8. The molecule has 1 N–H and O–H groups in total. The standard InChI is InChI=1S/C24H34O5S.K/c1-2-3-4-5-6-7-8-9-10-11-12-20-19-21(25)13-18-24(20)29-22-14-16-23(17-15-22)30(26,27)28;/h13-19,25H,2-12H2,1H3,(H,26,27,28);/q;+1/p-1. The third-order valence-electron chi connectivity index (χ3n) is 5.18. The number of benzene rings is 2. The summed E-state index contributed by atoms with van der Waals surface area (Å²) in [7, 11) is -4.23. The number of rotatable bonds is 14. The van der Waals surface area contributed by atoms with Gasteiger partial charge < -0.3 is 9.84 Å². The molecular formula is C24H33KO5S. The number of aryl methyl sites for hydroxylation is 1. The van der Waals surface area contributed by atoms with E-state index in [1.807, 2.05) is 0 Å². The quantitative estimate of drug-likeness (QED) is 0.259. The third kappa shape index (κ3) is 11.3. The van der Waals surface area contributed by atoms with Crippen LogP contribution in [-0.4, -0.2) is 13.0 Å². The molecule has 0 saturated heterocycles. The second-order valence-electron chi connectivity index (χ2n) is 7.75. The second kappa shape index (κ2) is 15.4. The van der Waals surface area contributed by atoms with Crippen molar-refractivity contribution in [3.63, 3.8) is 0 Å². The maximum Gasteiger partial charge on any atom is 1.00 e. The van der Waals surface area contributed by atoms with Crippen LogP contribution in [0.2, 0.25) is 0 Å². The van der Waals surface area contributed by atoms with Crippen LogP contribution in [-0.2, 0) is 16.5 Å². The molecule has 0 atom stereocenters. The minimum Gasteiger partial charge on any atom is -0.872 e. The Morgan fingerprint density at radius 3 is 1.94 bits per heavy atom. The van der Waals surface area contributed by atoms with Crippen LogP contribution in [0.5, 0.6) is 17.2 Å². The van der Waals surface area contributed by atoms with Crippen molar-refractivity contribution in [2.24, 2.45) is 0 Å². The number of ether oxygens (including phenoxy) is 1. The van der Waals surface area contributed by atoms with Crippen LogP contribution in [0.25, 0.3) is 0 Å². The van der Waals surface area contributed by atoms with Crippen LogP contribution in [0.3, 0.4) is 0 Å². The molecule has 0 radical (unpaired) electrons. The van der Waals surface area contributed by atoms with Gasteiger partial charge in [0.05, 0.1) is 4.90 Å². The Labute approximate surface area is 229 Å². The van der Waals surface area contributed by atoms with Gasteiger partial charge in [-0.2, -0.15) is 8.42 Å². The average molecular weight is 473 g/mol. The van der Waals surface area contributed by atoms with Gasteiger partial charge in [0.15, 0.2) is 0 Å². The zero-order valence-electron chi connectivity index (χ0n) is 18.8. The van der Waals surface area contributed by atoms with Gasteiger partial charge in [0.2, 0.25) is 0 Å².